The fraction of sp³-hybridized carbons (Fsp3) is 0.483. The van der Waals surface area contributed by atoms with Gasteiger partial charge < -0.3 is 20.3 Å². The molecule has 0 saturated heterocycles. The summed E-state index contributed by atoms with van der Waals surface area (Å²) in [6, 6.07) is 12.4. The minimum absolute atomic E-state index is 0.0553. The first-order valence-corrected chi connectivity index (χ1v) is 13.3. The second kappa shape index (κ2) is 10.7. The molecule has 0 aliphatic heterocycles. The molecule has 2 aliphatic rings. The van der Waals surface area contributed by atoms with Gasteiger partial charge in [0, 0.05) is 31.7 Å². The standard InChI is InChI=1S/C29H37N5O2/c1-4-36-25-18-13-19-9-5-6-10-22(19)26(25)28(35)30-20-14-16-21(17-15-20)31-29-32-24-12-8-7-11-23(24)27(33-29)34(2)3/h5-6,9-10,13,18,20-21H,4,7-8,11-12,14-17H2,1-3H3,(H,30,35)(H,31,32,33). The highest BCUT2D eigenvalue weighted by molar-refractivity contribution is 6.09. The summed E-state index contributed by atoms with van der Waals surface area (Å²) in [5, 5.41) is 8.86. The first kappa shape index (κ1) is 24.3. The van der Waals surface area contributed by atoms with E-state index in [1.54, 1.807) is 0 Å². The van der Waals surface area contributed by atoms with Crippen LogP contribution < -0.4 is 20.3 Å². The number of aromatic nitrogens is 2. The van der Waals surface area contributed by atoms with Gasteiger partial charge in [0.1, 0.15) is 11.6 Å². The van der Waals surface area contributed by atoms with Crippen molar-refractivity contribution in [3.05, 3.63) is 53.2 Å². The summed E-state index contributed by atoms with van der Waals surface area (Å²) in [6.45, 7) is 2.47. The number of anilines is 2. The average molecular weight is 488 g/mol. The lowest BCUT2D eigenvalue weighted by molar-refractivity contribution is 0.0924. The molecule has 0 spiro atoms. The fourth-order valence-electron chi connectivity index (χ4n) is 5.59. The van der Waals surface area contributed by atoms with Gasteiger partial charge in [-0.1, -0.05) is 30.3 Å². The fourth-order valence-corrected chi connectivity index (χ4v) is 5.59. The lowest BCUT2D eigenvalue weighted by Crippen LogP contribution is -2.40. The van der Waals surface area contributed by atoms with Crippen molar-refractivity contribution in [1.29, 1.82) is 0 Å². The Morgan fingerprint density at radius 2 is 1.75 bits per heavy atom. The van der Waals surface area contributed by atoms with Crippen LogP contribution in [0.4, 0.5) is 11.8 Å². The van der Waals surface area contributed by atoms with Gasteiger partial charge in [-0.05, 0) is 75.1 Å². The second-order valence-corrected chi connectivity index (χ2v) is 10.2. The summed E-state index contributed by atoms with van der Waals surface area (Å²) >= 11 is 0. The Bertz CT molecular complexity index is 1230. The monoisotopic (exact) mass is 487 g/mol. The number of carbonyl (C=O) groups is 1. The van der Waals surface area contributed by atoms with E-state index in [1.165, 1.54) is 24.1 Å². The Kier molecular flexibility index (Phi) is 7.25. The molecule has 0 radical (unpaired) electrons. The van der Waals surface area contributed by atoms with Gasteiger partial charge in [-0.2, -0.15) is 4.98 Å². The molecule has 7 heteroatoms. The summed E-state index contributed by atoms with van der Waals surface area (Å²) in [5.74, 6) is 2.37. The number of hydrogen-bond acceptors (Lipinski definition) is 6. The summed E-state index contributed by atoms with van der Waals surface area (Å²) in [6.07, 6.45) is 8.29. The lowest BCUT2D eigenvalue weighted by atomic mass is 9.90. The highest BCUT2D eigenvalue weighted by Crippen LogP contribution is 2.31. The molecule has 5 rings (SSSR count). The van der Waals surface area contributed by atoms with Crippen LogP contribution >= 0.6 is 0 Å². The van der Waals surface area contributed by atoms with Crippen molar-refractivity contribution < 1.29 is 9.53 Å². The molecular weight excluding hydrogens is 450 g/mol. The van der Waals surface area contributed by atoms with E-state index >= 15 is 0 Å². The smallest absolute Gasteiger partial charge is 0.255 e. The van der Waals surface area contributed by atoms with Gasteiger partial charge in [0.2, 0.25) is 5.95 Å². The van der Waals surface area contributed by atoms with Crippen LogP contribution in [0.3, 0.4) is 0 Å². The van der Waals surface area contributed by atoms with Gasteiger partial charge in [0.05, 0.1) is 17.9 Å². The number of ether oxygens (including phenoxy) is 1. The highest BCUT2D eigenvalue weighted by Gasteiger charge is 2.26. The maximum atomic E-state index is 13.4. The molecule has 2 aromatic carbocycles. The Labute approximate surface area is 213 Å². The molecule has 36 heavy (non-hydrogen) atoms. The molecule has 1 aromatic heterocycles. The van der Waals surface area contributed by atoms with Crippen molar-refractivity contribution in [1.82, 2.24) is 15.3 Å². The zero-order valence-electron chi connectivity index (χ0n) is 21.6. The Hall–Kier alpha value is -3.35. The Balaban J connectivity index is 1.24. The molecule has 7 nitrogen and oxygen atoms in total. The SMILES string of the molecule is CCOc1ccc2ccccc2c1C(=O)NC1CCC(Nc2nc3c(c(N(C)C)n2)CCCC3)CC1. The molecule has 0 unspecified atom stereocenters. The Morgan fingerprint density at radius 3 is 2.53 bits per heavy atom. The second-order valence-electron chi connectivity index (χ2n) is 10.2. The molecule has 1 amide bonds. The summed E-state index contributed by atoms with van der Waals surface area (Å²) < 4.78 is 5.82. The molecule has 1 fully saturated rings. The normalized spacial score (nSPS) is 19.4. The molecule has 0 atom stereocenters. The maximum absolute atomic E-state index is 13.4. The number of nitrogens with one attached hydrogen (secondary N) is 2. The maximum Gasteiger partial charge on any atom is 0.255 e. The average Bonchev–Trinajstić information content (AvgIpc) is 2.89. The van der Waals surface area contributed by atoms with Crippen molar-refractivity contribution in [2.45, 2.75) is 70.4 Å². The van der Waals surface area contributed by atoms with E-state index in [2.05, 4.69) is 29.6 Å². The zero-order chi connectivity index (χ0) is 25.1. The predicted octanol–water partition coefficient (Wildman–Crippen LogP) is 5.13. The number of carbonyl (C=O) groups excluding carboxylic acids is 1. The number of aryl methyl sites for hydroxylation is 1. The molecule has 3 aromatic rings. The van der Waals surface area contributed by atoms with Crippen molar-refractivity contribution in [2.24, 2.45) is 0 Å². The summed E-state index contributed by atoms with van der Waals surface area (Å²) in [4.78, 5) is 25.2. The number of hydrogen-bond donors (Lipinski definition) is 2. The topological polar surface area (TPSA) is 79.4 Å². The first-order chi connectivity index (χ1) is 17.5. The minimum atomic E-state index is -0.0553. The van der Waals surface area contributed by atoms with Crippen LogP contribution in [0.5, 0.6) is 5.75 Å². The molecule has 2 aliphatic carbocycles. The quantitative estimate of drug-likeness (QED) is 0.481. The third kappa shape index (κ3) is 5.11. The van der Waals surface area contributed by atoms with Gasteiger partial charge in [0.25, 0.3) is 5.91 Å². The Morgan fingerprint density at radius 1 is 1.00 bits per heavy atom. The van der Waals surface area contributed by atoms with Gasteiger partial charge in [0.15, 0.2) is 0 Å². The van der Waals surface area contributed by atoms with Crippen molar-refractivity contribution in [2.75, 3.05) is 30.9 Å². The lowest BCUT2D eigenvalue weighted by Gasteiger charge is -2.30. The van der Waals surface area contributed by atoms with Crippen molar-refractivity contribution in [3.8, 4) is 5.75 Å². The van der Waals surface area contributed by atoms with Crippen LogP contribution in [0.2, 0.25) is 0 Å². The highest BCUT2D eigenvalue weighted by atomic mass is 16.5. The summed E-state index contributed by atoms with van der Waals surface area (Å²) in [7, 11) is 4.11. The van der Waals surface area contributed by atoms with E-state index in [0.717, 1.165) is 61.1 Å². The van der Waals surface area contributed by atoms with Crippen LogP contribution in [-0.2, 0) is 12.8 Å². The van der Waals surface area contributed by atoms with Gasteiger partial charge in [-0.3, -0.25) is 4.79 Å². The molecule has 0 bridgehead atoms. The third-order valence-electron chi connectivity index (χ3n) is 7.40. The van der Waals surface area contributed by atoms with Crippen LogP contribution in [0.15, 0.2) is 36.4 Å². The van der Waals surface area contributed by atoms with Gasteiger partial charge >= 0.3 is 0 Å². The van der Waals surface area contributed by atoms with E-state index in [9.17, 15) is 4.79 Å². The van der Waals surface area contributed by atoms with Gasteiger partial charge in [-0.25, -0.2) is 4.98 Å². The van der Waals surface area contributed by atoms with Crippen molar-refractivity contribution >= 4 is 28.4 Å². The van der Waals surface area contributed by atoms with Crippen LogP contribution in [0.25, 0.3) is 10.8 Å². The minimum Gasteiger partial charge on any atom is -0.493 e. The van der Waals surface area contributed by atoms with E-state index in [-0.39, 0.29) is 11.9 Å². The number of amides is 1. The number of benzene rings is 2. The molecular formula is C29H37N5O2. The van der Waals surface area contributed by atoms with E-state index < -0.39 is 0 Å². The number of rotatable bonds is 7. The first-order valence-electron chi connectivity index (χ1n) is 13.3. The van der Waals surface area contributed by atoms with E-state index in [0.29, 0.717) is 24.0 Å². The number of nitrogens with zero attached hydrogens (tertiary/aromatic N) is 3. The predicted molar refractivity (Wildman–Crippen MR) is 145 cm³/mol. The van der Waals surface area contributed by atoms with Crippen LogP contribution in [0.1, 0.15) is 67.1 Å². The molecule has 1 heterocycles. The zero-order valence-corrected chi connectivity index (χ0v) is 21.6. The molecule has 1 saturated carbocycles. The largest absolute Gasteiger partial charge is 0.493 e. The van der Waals surface area contributed by atoms with Crippen molar-refractivity contribution in [3.63, 3.8) is 0 Å². The van der Waals surface area contributed by atoms with Crippen LogP contribution in [0, 0.1) is 0 Å². The number of fused-ring (bicyclic) bond motifs is 2. The van der Waals surface area contributed by atoms with E-state index in [1.807, 2.05) is 43.3 Å². The van der Waals surface area contributed by atoms with Gasteiger partial charge in [-0.15, -0.1) is 0 Å². The molecule has 190 valence electrons. The van der Waals surface area contributed by atoms with Crippen LogP contribution in [-0.4, -0.2) is 48.7 Å². The third-order valence-corrected chi connectivity index (χ3v) is 7.40. The summed E-state index contributed by atoms with van der Waals surface area (Å²) in [5.41, 5.74) is 3.14. The molecule has 2 N–H and O–H groups in total. The van der Waals surface area contributed by atoms with E-state index in [4.69, 9.17) is 14.7 Å².